The standard InChI is InChI=1S/C18H15N3O4S/c1-2-11-3-6-13(7-4-11)19-18-20-17(23)16(26-18)10-12-5-8-15(22)14(9-12)21(24)25/h3-10,22H,2H2,1H3,(H,19,20,23)/b16-10+. The van der Waals surface area contributed by atoms with Crippen molar-refractivity contribution in [1.29, 1.82) is 0 Å². The van der Waals surface area contributed by atoms with Crippen LogP contribution in [0.15, 0.2) is 52.4 Å². The van der Waals surface area contributed by atoms with E-state index >= 15 is 0 Å². The Kier molecular flexibility index (Phi) is 5.04. The first-order valence-electron chi connectivity index (χ1n) is 7.82. The van der Waals surface area contributed by atoms with Gasteiger partial charge in [0.05, 0.1) is 15.5 Å². The summed E-state index contributed by atoms with van der Waals surface area (Å²) in [5.41, 5.74) is 1.96. The molecule has 132 valence electrons. The van der Waals surface area contributed by atoms with E-state index in [0.717, 1.165) is 23.9 Å². The van der Waals surface area contributed by atoms with Gasteiger partial charge in [-0.1, -0.05) is 25.1 Å². The number of amidine groups is 1. The largest absolute Gasteiger partial charge is 0.502 e. The second-order valence-corrected chi connectivity index (χ2v) is 6.54. The third-order valence-corrected chi connectivity index (χ3v) is 4.63. The number of phenols is 1. The molecule has 1 aliphatic heterocycles. The van der Waals surface area contributed by atoms with Gasteiger partial charge >= 0.3 is 5.69 Å². The molecule has 8 heteroatoms. The lowest BCUT2D eigenvalue weighted by molar-refractivity contribution is -0.385. The second-order valence-electron chi connectivity index (χ2n) is 5.51. The number of benzene rings is 2. The maximum Gasteiger partial charge on any atom is 0.311 e. The molecule has 1 aliphatic rings. The Morgan fingerprint density at radius 1 is 1.27 bits per heavy atom. The van der Waals surface area contributed by atoms with E-state index in [-0.39, 0.29) is 5.91 Å². The highest BCUT2D eigenvalue weighted by molar-refractivity contribution is 8.18. The maximum atomic E-state index is 12.1. The number of carbonyl (C=O) groups excluding carboxylic acids is 1. The molecule has 7 nitrogen and oxygen atoms in total. The number of aryl methyl sites for hydroxylation is 1. The molecule has 2 aromatic carbocycles. The van der Waals surface area contributed by atoms with Gasteiger partial charge in [-0.05, 0) is 53.6 Å². The van der Waals surface area contributed by atoms with E-state index in [1.165, 1.54) is 29.8 Å². The first-order chi connectivity index (χ1) is 12.5. The van der Waals surface area contributed by atoms with Crippen molar-refractivity contribution in [1.82, 2.24) is 5.32 Å². The number of hydrogen-bond donors (Lipinski definition) is 2. The quantitative estimate of drug-likeness (QED) is 0.485. The zero-order valence-electron chi connectivity index (χ0n) is 13.8. The molecule has 0 bridgehead atoms. The van der Waals surface area contributed by atoms with E-state index in [0.29, 0.717) is 15.6 Å². The van der Waals surface area contributed by atoms with Crippen LogP contribution in [0.25, 0.3) is 6.08 Å². The van der Waals surface area contributed by atoms with Crippen molar-refractivity contribution in [2.75, 3.05) is 0 Å². The van der Waals surface area contributed by atoms with Gasteiger partial charge in [0, 0.05) is 6.07 Å². The molecule has 26 heavy (non-hydrogen) atoms. The normalized spacial score (nSPS) is 16.9. The molecule has 0 atom stereocenters. The molecular formula is C18H15N3O4S. The Balaban J connectivity index is 1.83. The van der Waals surface area contributed by atoms with Gasteiger partial charge in [0.25, 0.3) is 5.91 Å². The fraction of sp³-hybridized carbons (Fsp3) is 0.111. The predicted octanol–water partition coefficient (Wildman–Crippen LogP) is 3.75. The SMILES string of the molecule is CCc1ccc(N=C2NC(=O)/C(=C\c3ccc(O)c([N+](=O)[O-])c3)S2)cc1. The first kappa shape index (κ1) is 17.7. The van der Waals surface area contributed by atoms with Crippen LogP contribution >= 0.6 is 11.8 Å². The minimum absolute atomic E-state index is 0.324. The zero-order chi connectivity index (χ0) is 18.7. The van der Waals surface area contributed by atoms with E-state index in [1.54, 1.807) is 0 Å². The highest BCUT2D eigenvalue weighted by Crippen LogP contribution is 2.31. The molecule has 1 fully saturated rings. The number of nitro benzene ring substituents is 1. The number of aliphatic imine (C=N–C) groups is 1. The summed E-state index contributed by atoms with van der Waals surface area (Å²) >= 11 is 1.15. The van der Waals surface area contributed by atoms with Gasteiger partial charge in [0.15, 0.2) is 10.9 Å². The van der Waals surface area contributed by atoms with Crippen molar-refractivity contribution in [3.63, 3.8) is 0 Å². The Morgan fingerprint density at radius 2 is 2.00 bits per heavy atom. The molecule has 2 aromatic rings. The third-order valence-electron chi connectivity index (χ3n) is 3.72. The lowest BCUT2D eigenvalue weighted by Crippen LogP contribution is -2.19. The van der Waals surface area contributed by atoms with Crippen LogP contribution in [0.1, 0.15) is 18.1 Å². The number of hydrogen-bond acceptors (Lipinski definition) is 6. The summed E-state index contributed by atoms with van der Waals surface area (Å²) < 4.78 is 0. The molecule has 2 N–H and O–H groups in total. The maximum absolute atomic E-state index is 12.1. The van der Waals surface area contributed by atoms with Gasteiger partial charge in [-0.3, -0.25) is 14.9 Å². The number of amides is 1. The number of nitro groups is 1. The molecule has 0 aliphatic carbocycles. The van der Waals surface area contributed by atoms with Gasteiger partial charge in [0.1, 0.15) is 0 Å². The summed E-state index contributed by atoms with van der Waals surface area (Å²) in [6.45, 7) is 2.07. The molecule has 0 aromatic heterocycles. The Morgan fingerprint density at radius 3 is 2.65 bits per heavy atom. The van der Waals surface area contributed by atoms with Crippen LogP contribution in [0.3, 0.4) is 0 Å². The summed E-state index contributed by atoms with van der Waals surface area (Å²) in [5, 5.41) is 23.5. The summed E-state index contributed by atoms with van der Waals surface area (Å²) in [6.07, 6.45) is 2.46. The van der Waals surface area contributed by atoms with E-state index in [1.807, 2.05) is 24.3 Å². The fourth-order valence-corrected chi connectivity index (χ4v) is 3.17. The Labute approximate surface area is 153 Å². The van der Waals surface area contributed by atoms with Gasteiger partial charge < -0.3 is 10.4 Å². The second kappa shape index (κ2) is 7.40. The van der Waals surface area contributed by atoms with Crippen LogP contribution in [-0.2, 0) is 11.2 Å². The molecule has 3 rings (SSSR count). The summed E-state index contributed by atoms with van der Waals surface area (Å²) in [4.78, 5) is 27.1. The highest BCUT2D eigenvalue weighted by Gasteiger charge is 2.24. The molecule has 1 saturated heterocycles. The number of phenolic OH excluding ortho intramolecular Hbond substituents is 1. The monoisotopic (exact) mass is 369 g/mol. The highest BCUT2D eigenvalue weighted by atomic mass is 32.2. The van der Waals surface area contributed by atoms with E-state index in [2.05, 4.69) is 17.2 Å². The van der Waals surface area contributed by atoms with Crippen LogP contribution in [-0.4, -0.2) is 21.1 Å². The molecular weight excluding hydrogens is 354 g/mol. The fourth-order valence-electron chi connectivity index (χ4n) is 2.33. The average molecular weight is 369 g/mol. The third kappa shape index (κ3) is 3.92. The first-order valence-corrected chi connectivity index (χ1v) is 8.64. The van der Waals surface area contributed by atoms with Gasteiger partial charge in [-0.15, -0.1) is 0 Å². The Bertz CT molecular complexity index is 936. The number of aromatic hydroxyl groups is 1. The summed E-state index contributed by atoms with van der Waals surface area (Å²) in [5.74, 6) is -0.742. The van der Waals surface area contributed by atoms with E-state index in [9.17, 15) is 20.0 Å². The van der Waals surface area contributed by atoms with Crippen molar-refractivity contribution in [2.45, 2.75) is 13.3 Å². The number of nitrogens with zero attached hydrogens (tertiary/aromatic N) is 2. The number of thioether (sulfide) groups is 1. The lowest BCUT2D eigenvalue weighted by atomic mass is 10.1. The lowest BCUT2D eigenvalue weighted by Gasteiger charge is -1.99. The minimum Gasteiger partial charge on any atom is -0.502 e. The molecule has 1 amide bonds. The van der Waals surface area contributed by atoms with Crippen LogP contribution in [0, 0.1) is 10.1 Å². The van der Waals surface area contributed by atoms with Crippen molar-refractivity contribution in [3.8, 4) is 5.75 Å². The summed E-state index contributed by atoms with van der Waals surface area (Å²) in [6, 6.07) is 11.7. The molecule has 1 heterocycles. The van der Waals surface area contributed by atoms with Gasteiger partial charge in [-0.25, -0.2) is 4.99 Å². The van der Waals surface area contributed by atoms with Gasteiger partial charge in [0.2, 0.25) is 0 Å². The Hall–Kier alpha value is -3.13. The van der Waals surface area contributed by atoms with Crippen molar-refractivity contribution >= 4 is 40.3 Å². The van der Waals surface area contributed by atoms with Crippen molar-refractivity contribution < 1.29 is 14.8 Å². The van der Waals surface area contributed by atoms with E-state index < -0.39 is 16.4 Å². The number of carbonyl (C=O) groups is 1. The smallest absolute Gasteiger partial charge is 0.311 e. The molecule has 0 saturated carbocycles. The number of rotatable bonds is 4. The van der Waals surface area contributed by atoms with Crippen LogP contribution in [0.4, 0.5) is 11.4 Å². The average Bonchev–Trinajstić information content (AvgIpc) is 2.96. The van der Waals surface area contributed by atoms with Gasteiger partial charge in [-0.2, -0.15) is 0 Å². The van der Waals surface area contributed by atoms with Crippen LogP contribution in [0.5, 0.6) is 5.75 Å². The zero-order valence-corrected chi connectivity index (χ0v) is 14.6. The predicted molar refractivity (Wildman–Crippen MR) is 101 cm³/mol. The van der Waals surface area contributed by atoms with Crippen LogP contribution < -0.4 is 5.32 Å². The molecule has 0 spiro atoms. The summed E-state index contributed by atoms with van der Waals surface area (Å²) in [7, 11) is 0. The number of nitrogens with one attached hydrogen (secondary N) is 1. The van der Waals surface area contributed by atoms with Crippen LogP contribution in [0.2, 0.25) is 0 Å². The molecule has 0 radical (unpaired) electrons. The topological polar surface area (TPSA) is 105 Å². The minimum atomic E-state index is -0.675. The van der Waals surface area contributed by atoms with Crippen molar-refractivity contribution in [3.05, 3.63) is 68.6 Å². The van der Waals surface area contributed by atoms with Crippen molar-refractivity contribution in [2.24, 2.45) is 4.99 Å². The molecule has 0 unspecified atom stereocenters. The van der Waals surface area contributed by atoms with E-state index in [4.69, 9.17) is 0 Å².